The fourth-order valence-corrected chi connectivity index (χ4v) is 1.06. The summed E-state index contributed by atoms with van der Waals surface area (Å²) in [6.07, 6.45) is 1.40. The van der Waals surface area contributed by atoms with E-state index < -0.39 is 0 Å². The molecule has 1 heterocycles. The van der Waals surface area contributed by atoms with E-state index in [2.05, 4.69) is 43.0 Å². The van der Waals surface area contributed by atoms with Gasteiger partial charge in [0.1, 0.15) is 17.2 Å². The van der Waals surface area contributed by atoms with Crippen molar-refractivity contribution in [2.24, 2.45) is 5.41 Å². The molecule has 3 N–H and O–H groups in total. The Labute approximate surface area is 95.3 Å². The van der Waals surface area contributed by atoms with Gasteiger partial charge in [0, 0.05) is 6.04 Å². The van der Waals surface area contributed by atoms with Crippen LogP contribution in [-0.4, -0.2) is 16.0 Å². The molecule has 15 heavy (non-hydrogen) atoms. The molecular weight excluding hydrogens is 212 g/mol. The minimum absolute atomic E-state index is 0.128. The molecule has 0 bridgehead atoms. The van der Waals surface area contributed by atoms with Crippen LogP contribution in [-0.2, 0) is 0 Å². The third kappa shape index (κ3) is 2.96. The van der Waals surface area contributed by atoms with Crippen LogP contribution in [0.25, 0.3) is 0 Å². The molecule has 0 amide bonds. The van der Waals surface area contributed by atoms with Gasteiger partial charge in [0.25, 0.3) is 0 Å². The fraction of sp³-hybridized carbons (Fsp3) is 0.600. The van der Waals surface area contributed by atoms with Gasteiger partial charge in [-0.3, -0.25) is 0 Å². The predicted molar refractivity (Wildman–Crippen MR) is 64.0 cm³/mol. The molecule has 84 valence electrons. The number of hydrogen-bond donors (Lipinski definition) is 2. The van der Waals surface area contributed by atoms with Crippen molar-refractivity contribution in [2.45, 2.75) is 33.7 Å². The third-order valence-electron chi connectivity index (χ3n) is 2.47. The maximum absolute atomic E-state index is 5.97. The van der Waals surface area contributed by atoms with Crippen LogP contribution in [0.1, 0.15) is 27.7 Å². The Balaban J connectivity index is 2.86. The van der Waals surface area contributed by atoms with Crippen LogP contribution in [0, 0.1) is 5.41 Å². The fourth-order valence-electron chi connectivity index (χ4n) is 0.906. The van der Waals surface area contributed by atoms with E-state index in [9.17, 15) is 0 Å². The van der Waals surface area contributed by atoms with Gasteiger partial charge in [-0.2, -0.15) is 0 Å². The minimum Gasteiger partial charge on any atom is -0.382 e. The lowest BCUT2D eigenvalue weighted by Crippen LogP contribution is -2.31. The maximum Gasteiger partial charge on any atom is 0.150 e. The largest absolute Gasteiger partial charge is 0.382 e. The van der Waals surface area contributed by atoms with Crippen LogP contribution in [0.5, 0.6) is 0 Å². The molecule has 1 atom stereocenters. The normalized spacial score (nSPS) is 13.7. The van der Waals surface area contributed by atoms with E-state index >= 15 is 0 Å². The Kier molecular flexibility index (Phi) is 3.39. The Hall–Kier alpha value is -1.03. The molecule has 1 aromatic heterocycles. The summed E-state index contributed by atoms with van der Waals surface area (Å²) in [5, 5.41) is 3.61. The SMILES string of the molecule is CC(Nc1ncnc(N)c1Cl)C(C)(C)C. The number of aromatic nitrogens is 2. The molecule has 0 aliphatic rings. The number of nitrogens with two attached hydrogens (primary N) is 1. The van der Waals surface area contributed by atoms with Gasteiger partial charge in [-0.15, -0.1) is 0 Å². The predicted octanol–water partition coefficient (Wildman–Crippen LogP) is 2.56. The van der Waals surface area contributed by atoms with Crippen LogP contribution < -0.4 is 11.1 Å². The number of nitrogens with one attached hydrogen (secondary N) is 1. The van der Waals surface area contributed by atoms with Crippen molar-refractivity contribution in [3.8, 4) is 0 Å². The first-order valence-electron chi connectivity index (χ1n) is 4.85. The zero-order valence-electron chi connectivity index (χ0n) is 9.50. The van der Waals surface area contributed by atoms with E-state index in [0.717, 1.165) is 0 Å². The second-order valence-corrected chi connectivity index (χ2v) is 5.03. The Bertz CT molecular complexity index is 346. The van der Waals surface area contributed by atoms with Gasteiger partial charge >= 0.3 is 0 Å². The highest BCUT2D eigenvalue weighted by molar-refractivity contribution is 6.35. The summed E-state index contributed by atoms with van der Waals surface area (Å²) in [5.41, 5.74) is 5.71. The molecule has 0 aliphatic carbocycles. The van der Waals surface area contributed by atoms with E-state index in [1.165, 1.54) is 6.33 Å². The second kappa shape index (κ2) is 4.23. The molecule has 0 aromatic carbocycles. The van der Waals surface area contributed by atoms with Crippen molar-refractivity contribution in [3.63, 3.8) is 0 Å². The first-order valence-corrected chi connectivity index (χ1v) is 5.22. The number of hydrogen-bond acceptors (Lipinski definition) is 4. The number of halogens is 1. The van der Waals surface area contributed by atoms with E-state index in [-0.39, 0.29) is 11.5 Å². The molecule has 1 rings (SSSR count). The van der Waals surface area contributed by atoms with Gasteiger partial charge in [0.05, 0.1) is 0 Å². The third-order valence-corrected chi connectivity index (χ3v) is 2.84. The summed E-state index contributed by atoms with van der Waals surface area (Å²) in [6.45, 7) is 8.50. The highest BCUT2D eigenvalue weighted by Gasteiger charge is 2.21. The first kappa shape index (κ1) is 12.0. The number of rotatable bonds is 2. The van der Waals surface area contributed by atoms with Crippen molar-refractivity contribution in [3.05, 3.63) is 11.3 Å². The van der Waals surface area contributed by atoms with Crippen LogP contribution in [0.2, 0.25) is 5.02 Å². The van der Waals surface area contributed by atoms with Crippen molar-refractivity contribution in [1.29, 1.82) is 0 Å². The van der Waals surface area contributed by atoms with E-state index in [4.69, 9.17) is 17.3 Å². The lowest BCUT2D eigenvalue weighted by atomic mass is 9.88. The van der Waals surface area contributed by atoms with E-state index in [1.54, 1.807) is 0 Å². The zero-order valence-corrected chi connectivity index (χ0v) is 10.3. The van der Waals surface area contributed by atoms with Gasteiger partial charge < -0.3 is 11.1 Å². The standard InChI is InChI=1S/C10H17ClN4/c1-6(10(2,3)4)15-9-7(11)8(12)13-5-14-9/h5-6H,1-4H3,(H3,12,13,14,15). The van der Waals surface area contributed by atoms with Crippen molar-refractivity contribution in [1.82, 2.24) is 9.97 Å². The average molecular weight is 229 g/mol. The minimum atomic E-state index is 0.128. The second-order valence-electron chi connectivity index (χ2n) is 4.65. The number of nitrogen functional groups attached to an aromatic ring is 1. The molecule has 5 heteroatoms. The summed E-state index contributed by atoms with van der Waals surface area (Å²) in [7, 11) is 0. The quantitative estimate of drug-likeness (QED) is 0.817. The number of nitrogens with zero attached hydrogens (tertiary/aromatic N) is 2. The molecule has 0 spiro atoms. The molecule has 0 aliphatic heterocycles. The van der Waals surface area contributed by atoms with Crippen molar-refractivity contribution < 1.29 is 0 Å². The molecule has 4 nitrogen and oxygen atoms in total. The Morgan fingerprint density at radius 2 is 2.00 bits per heavy atom. The summed E-state index contributed by atoms with van der Waals surface area (Å²) in [4.78, 5) is 7.86. The van der Waals surface area contributed by atoms with Gasteiger partial charge in [-0.25, -0.2) is 9.97 Å². The summed E-state index contributed by atoms with van der Waals surface area (Å²) < 4.78 is 0. The van der Waals surface area contributed by atoms with Crippen LogP contribution in [0.3, 0.4) is 0 Å². The maximum atomic E-state index is 5.97. The highest BCUT2D eigenvalue weighted by Crippen LogP contribution is 2.27. The molecule has 1 unspecified atom stereocenters. The number of anilines is 2. The smallest absolute Gasteiger partial charge is 0.150 e. The van der Waals surface area contributed by atoms with E-state index in [0.29, 0.717) is 16.7 Å². The molecule has 0 radical (unpaired) electrons. The highest BCUT2D eigenvalue weighted by atomic mass is 35.5. The van der Waals surface area contributed by atoms with Crippen LogP contribution >= 0.6 is 11.6 Å². The van der Waals surface area contributed by atoms with E-state index in [1.807, 2.05) is 0 Å². The summed E-state index contributed by atoms with van der Waals surface area (Å²) in [6, 6.07) is 0.240. The van der Waals surface area contributed by atoms with Gasteiger partial charge in [-0.05, 0) is 12.3 Å². The summed E-state index contributed by atoms with van der Waals surface area (Å²) >= 11 is 5.97. The molecule has 1 aromatic rings. The van der Waals surface area contributed by atoms with Gasteiger partial charge in [0.2, 0.25) is 0 Å². The van der Waals surface area contributed by atoms with Gasteiger partial charge in [-0.1, -0.05) is 32.4 Å². The van der Waals surface area contributed by atoms with Crippen LogP contribution in [0.15, 0.2) is 6.33 Å². The summed E-state index contributed by atoms with van der Waals surface area (Å²) in [5.74, 6) is 0.891. The first-order chi connectivity index (χ1) is 6.82. The Morgan fingerprint density at radius 1 is 1.40 bits per heavy atom. The van der Waals surface area contributed by atoms with Crippen molar-refractivity contribution >= 4 is 23.2 Å². The topological polar surface area (TPSA) is 63.8 Å². The zero-order chi connectivity index (χ0) is 11.6. The van der Waals surface area contributed by atoms with Crippen LogP contribution in [0.4, 0.5) is 11.6 Å². The lowest BCUT2D eigenvalue weighted by molar-refractivity contribution is 0.359. The van der Waals surface area contributed by atoms with Crippen molar-refractivity contribution in [2.75, 3.05) is 11.1 Å². The average Bonchev–Trinajstić information content (AvgIpc) is 2.11. The Morgan fingerprint density at radius 3 is 2.53 bits per heavy atom. The molecule has 0 saturated carbocycles. The molecule has 0 fully saturated rings. The van der Waals surface area contributed by atoms with Gasteiger partial charge in [0.15, 0.2) is 5.82 Å². The molecular formula is C10H17ClN4. The lowest BCUT2D eigenvalue weighted by Gasteiger charge is -2.28. The monoisotopic (exact) mass is 228 g/mol. The molecule has 0 saturated heterocycles.